The van der Waals surface area contributed by atoms with Crippen LogP contribution in [0.3, 0.4) is 0 Å². The minimum atomic E-state index is -0.0612. The highest BCUT2D eigenvalue weighted by atomic mass is 16.5. The summed E-state index contributed by atoms with van der Waals surface area (Å²) in [5.41, 5.74) is 4.98. The molecule has 0 aromatic heterocycles. The number of benzene rings is 2. The van der Waals surface area contributed by atoms with Crippen LogP contribution in [0, 0.1) is 5.41 Å². The summed E-state index contributed by atoms with van der Waals surface area (Å²) in [6, 6.07) is 14.6. The Morgan fingerprint density at radius 1 is 1.04 bits per heavy atom. The third-order valence-electron chi connectivity index (χ3n) is 5.78. The highest BCUT2D eigenvalue weighted by Gasteiger charge is 2.49. The third kappa shape index (κ3) is 2.04. The predicted molar refractivity (Wildman–Crippen MR) is 91.1 cm³/mol. The van der Waals surface area contributed by atoms with Crippen molar-refractivity contribution in [2.75, 3.05) is 7.11 Å². The number of rotatable bonds is 1. The number of carbonyl (C=O) groups excluding carboxylic acids is 1. The maximum absolute atomic E-state index is 13.3. The molecule has 0 amide bonds. The Morgan fingerprint density at radius 3 is 2.57 bits per heavy atom. The van der Waals surface area contributed by atoms with E-state index in [0.717, 1.165) is 18.6 Å². The Labute approximate surface area is 137 Å². The molecule has 23 heavy (non-hydrogen) atoms. The molecular formula is C21H22O2. The van der Waals surface area contributed by atoms with Crippen molar-refractivity contribution in [3.8, 4) is 5.75 Å². The molecule has 0 fully saturated rings. The highest BCUT2D eigenvalue weighted by molar-refractivity contribution is 5.94. The fourth-order valence-electron chi connectivity index (χ4n) is 4.67. The van der Waals surface area contributed by atoms with Crippen LogP contribution in [-0.2, 0) is 17.6 Å². The van der Waals surface area contributed by atoms with Crippen LogP contribution in [-0.4, -0.2) is 12.9 Å². The molecular weight excluding hydrogens is 284 g/mol. The van der Waals surface area contributed by atoms with Gasteiger partial charge in [0.2, 0.25) is 0 Å². The van der Waals surface area contributed by atoms with Gasteiger partial charge in [0.25, 0.3) is 0 Å². The fraction of sp³-hybridized carbons (Fsp3) is 0.381. The number of Topliss-reactive ketones (excluding diaryl/α,β-unsaturated/α-hetero) is 1. The van der Waals surface area contributed by atoms with Crippen molar-refractivity contribution >= 4 is 5.78 Å². The summed E-state index contributed by atoms with van der Waals surface area (Å²) in [6.07, 6.45) is 1.90. The van der Waals surface area contributed by atoms with Gasteiger partial charge in [-0.15, -0.1) is 0 Å². The number of methoxy groups -OCH3 is 1. The molecule has 0 aliphatic heterocycles. The van der Waals surface area contributed by atoms with Crippen LogP contribution in [0.5, 0.6) is 5.75 Å². The van der Waals surface area contributed by atoms with Gasteiger partial charge < -0.3 is 4.74 Å². The number of hydrogen-bond donors (Lipinski definition) is 0. The summed E-state index contributed by atoms with van der Waals surface area (Å²) in [4.78, 5) is 13.3. The zero-order valence-electron chi connectivity index (χ0n) is 13.9. The number of carbonyl (C=O) groups is 1. The predicted octanol–water partition coefficient (Wildman–Crippen LogP) is 4.27. The lowest BCUT2D eigenvalue weighted by Gasteiger charge is -2.29. The second-order valence-electron chi connectivity index (χ2n) is 7.33. The molecule has 0 N–H and O–H groups in total. The smallest absolute Gasteiger partial charge is 0.148 e. The molecule has 2 nitrogen and oxygen atoms in total. The van der Waals surface area contributed by atoms with Crippen LogP contribution < -0.4 is 4.74 Å². The van der Waals surface area contributed by atoms with Crippen LogP contribution in [0.15, 0.2) is 42.5 Å². The summed E-state index contributed by atoms with van der Waals surface area (Å²) in [5, 5.41) is 0. The Morgan fingerprint density at radius 2 is 1.78 bits per heavy atom. The van der Waals surface area contributed by atoms with Gasteiger partial charge in [0.05, 0.1) is 7.11 Å². The van der Waals surface area contributed by atoms with Crippen LogP contribution in [0.1, 0.15) is 47.9 Å². The second kappa shape index (κ2) is 4.95. The molecule has 0 heterocycles. The topological polar surface area (TPSA) is 26.3 Å². The van der Waals surface area contributed by atoms with Gasteiger partial charge in [0, 0.05) is 11.8 Å². The quantitative estimate of drug-likeness (QED) is 0.786. The fourth-order valence-corrected chi connectivity index (χ4v) is 4.67. The van der Waals surface area contributed by atoms with E-state index in [4.69, 9.17) is 4.74 Å². The van der Waals surface area contributed by atoms with Gasteiger partial charge in [-0.1, -0.05) is 44.2 Å². The van der Waals surface area contributed by atoms with Gasteiger partial charge in [0.1, 0.15) is 11.5 Å². The average molecular weight is 306 g/mol. The van der Waals surface area contributed by atoms with E-state index in [2.05, 4.69) is 50.2 Å². The van der Waals surface area contributed by atoms with E-state index in [1.54, 1.807) is 7.11 Å². The normalized spacial score (nSPS) is 28.6. The first kappa shape index (κ1) is 14.5. The maximum Gasteiger partial charge on any atom is 0.148 e. The van der Waals surface area contributed by atoms with Gasteiger partial charge in [-0.25, -0.2) is 0 Å². The summed E-state index contributed by atoms with van der Waals surface area (Å²) in [6.45, 7) is 4.33. The van der Waals surface area contributed by atoms with Gasteiger partial charge in [0.15, 0.2) is 0 Å². The van der Waals surface area contributed by atoms with Crippen molar-refractivity contribution in [2.45, 2.75) is 38.5 Å². The van der Waals surface area contributed by atoms with Crippen molar-refractivity contribution in [3.05, 3.63) is 64.7 Å². The Kier molecular flexibility index (Phi) is 3.12. The van der Waals surface area contributed by atoms with E-state index < -0.39 is 0 Å². The number of ketones is 1. The van der Waals surface area contributed by atoms with Crippen molar-refractivity contribution < 1.29 is 9.53 Å². The van der Waals surface area contributed by atoms with Crippen LogP contribution in [0.4, 0.5) is 0 Å². The number of hydrogen-bond acceptors (Lipinski definition) is 2. The van der Waals surface area contributed by atoms with E-state index in [9.17, 15) is 4.79 Å². The molecule has 0 saturated heterocycles. The van der Waals surface area contributed by atoms with Gasteiger partial charge in [-0.2, -0.15) is 0 Å². The molecule has 2 aromatic carbocycles. The summed E-state index contributed by atoms with van der Waals surface area (Å²) >= 11 is 0. The Balaban J connectivity index is 1.88. The highest BCUT2D eigenvalue weighted by Crippen LogP contribution is 2.53. The Bertz CT molecular complexity index is 792. The molecule has 0 radical (unpaired) electrons. The van der Waals surface area contributed by atoms with E-state index in [0.29, 0.717) is 5.78 Å². The minimum Gasteiger partial charge on any atom is -0.497 e. The van der Waals surface area contributed by atoms with Crippen LogP contribution >= 0.6 is 0 Å². The van der Waals surface area contributed by atoms with Crippen molar-refractivity contribution in [1.82, 2.24) is 0 Å². The lowest BCUT2D eigenvalue weighted by atomic mass is 9.72. The van der Waals surface area contributed by atoms with Crippen molar-refractivity contribution in [1.29, 1.82) is 0 Å². The SMILES string of the molecule is COc1ccc2c(c1)CC1(C)Cc3ccccc3C1C(=O)C2C. The van der Waals surface area contributed by atoms with Gasteiger partial charge in [-0.05, 0) is 52.6 Å². The number of ether oxygens (including phenoxy) is 1. The maximum atomic E-state index is 13.3. The molecule has 2 aliphatic carbocycles. The first-order chi connectivity index (χ1) is 11.0. The molecule has 3 unspecified atom stereocenters. The lowest BCUT2D eigenvalue weighted by Crippen LogP contribution is -2.30. The summed E-state index contributed by atoms with van der Waals surface area (Å²) < 4.78 is 5.40. The molecule has 0 spiro atoms. The number of fused-ring (bicyclic) bond motifs is 4. The summed E-state index contributed by atoms with van der Waals surface area (Å²) in [7, 11) is 1.70. The molecule has 0 saturated carbocycles. The monoisotopic (exact) mass is 306 g/mol. The van der Waals surface area contributed by atoms with Crippen molar-refractivity contribution in [2.24, 2.45) is 5.41 Å². The Hall–Kier alpha value is -2.09. The van der Waals surface area contributed by atoms with E-state index >= 15 is 0 Å². The zero-order valence-corrected chi connectivity index (χ0v) is 13.9. The molecule has 118 valence electrons. The molecule has 0 bridgehead atoms. The van der Waals surface area contributed by atoms with E-state index in [-0.39, 0.29) is 17.3 Å². The first-order valence-electron chi connectivity index (χ1n) is 8.32. The molecule has 2 heteroatoms. The van der Waals surface area contributed by atoms with Crippen molar-refractivity contribution in [3.63, 3.8) is 0 Å². The van der Waals surface area contributed by atoms with E-state index in [1.165, 1.54) is 22.3 Å². The summed E-state index contributed by atoms with van der Waals surface area (Å²) in [5.74, 6) is 1.18. The largest absolute Gasteiger partial charge is 0.497 e. The van der Waals surface area contributed by atoms with E-state index in [1.807, 2.05) is 6.07 Å². The van der Waals surface area contributed by atoms with Crippen LogP contribution in [0.2, 0.25) is 0 Å². The standard InChI is InChI=1S/C21H22O2/c1-13-17-9-8-16(23-3)10-15(17)12-21(2)11-14-6-4-5-7-18(14)19(21)20(13)22/h4-10,13,19H,11-12H2,1-3H3. The third-order valence-corrected chi connectivity index (χ3v) is 5.78. The van der Waals surface area contributed by atoms with Gasteiger partial charge in [-0.3, -0.25) is 4.79 Å². The zero-order chi connectivity index (χ0) is 16.2. The van der Waals surface area contributed by atoms with Crippen LogP contribution in [0.25, 0.3) is 0 Å². The molecule has 2 aliphatic rings. The van der Waals surface area contributed by atoms with Gasteiger partial charge >= 0.3 is 0 Å². The lowest BCUT2D eigenvalue weighted by molar-refractivity contribution is -0.123. The molecule has 4 rings (SSSR count). The first-order valence-corrected chi connectivity index (χ1v) is 8.32. The molecule has 3 atom stereocenters. The minimum absolute atomic E-state index is 0.00657. The molecule has 2 aromatic rings. The average Bonchev–Trinajstić information content (AvgIpc) is 2.80. The second-order valence-corrected chi connectivity index (χ2v) is 7.33.